The molecule has 0 aromatic carbocycles. The summed E-state index contributed by atoms with van der Waals surface area (Å²) in [6, 6.07) is 4.37. The van der Waals surface area contributed by atoms with Crippen LogP contribution in [0.5, 0.6) is 0 Å². The normalized spacial score (nSPS) is 26.3. The Morgan fingerprint density at radius 3 is 2.55 bits per heavy atom. The first kappa shape index (κ1) is 15.5. The number of nitrogens with one attached hydrogen (secondary N) is 1. The molecule has 0 radical (unpaired) electrons. The minimum absolute atomic E-state index is 0.0406. The summed E-state index contributed by atoms with van der Waals surface area (Å²) in [6.45, 7) is 10.8. The highest BCUT2D eigenvalue weighted by Gasteiger charge is 2.44. The van der Waals surface area contributed by atoms with Crippen molar-refractivity contribution in [3.63, 3.8) is 0 Å². The standard InChI is InChI=1S/C16H26N2OS/c1-6-11(4)12(5)18-15(13-8-7-9-20-13)17-14(10(2)3)16(18)19/h7-12,14-15,17H,6H2,1-5H3. The molecule has 0 spiro atoms. The van der Waals surface area contributed by atoms with Gasteiger partial charge in [-0.1, -0.05) is 40.2 Å². The Morgan fingerprint density at radius 2 is 2.05 bits per heavy atom. The molecule has 1 aliphatic heterocycles. The van der Waals surface area contributed by atoms with Crippen molar-refractivity contribution in [1.82, 2.24) is 10.2 Å². The summed E-state index contributed by atoms with van der Waals surface area (Å²) in [7, 11) is 0. The summed E-state index contributed by atoms with van der Waals surface area (Å²) >= 11 is 1.72. The zero-order valence-electron chi connectivity index (χ0n) is 13.1. The lowest BCUT2D eigenvalue weighted by Gasteiger charge is -2.33. The lowest BCUT2D eigenvalue weighted by atomic mass is 9.98. The van der Waals surface area contributed by atoms with E-state index in [9.17, 15) is 4.79 Å². The van der Waals surface area contributed by atoms with Crippen molar-refractivity contribution in [3.05, 3.63) is 22.4 Å². The molecule has 2 rings (SSSR count). The van der Waals surface area contributed by atoms with Gasteiger partial charge in [0.2, 0.25) is 5.91 Å². The van der Waals surface area contributed by atoms with Gasteiger partial charge in [0.1, 0.15) is 6.17 Å². The predicted octanol–water partition coefficient (Wildman–Crippen LogP) is 3.64. The second-order valence-corrected chi connectivity index (χ2v) is 7.16. The molecule has 0 aliphatic carbocycles. The molecular formula is C16H26N2OS. The van der Waals surface area contributed by atoms with E-state index in [0.717, 1.165) is 6.42 Å². The largest absolute Gasteiger partial charge is 0.318 e. The fourth-order valence-corrected chi connectivity index (χ4v) is 3.59. The fraction of sp³-hybridized carbons (Fsp3) is 0.688. The van der Waals surface area contributed by atoms with Gasteiger partial charge in [-0.15, -0.1) is 11.3 Å². The van der Waals surface area contributed by atoms with Crippen LogP contribution in [0.25, 0.3) is 0 Å². The molecule has 20 heavy (non-hydrogen) atoms. The molecule has 1 saturated heterocycles. The van der Waals surface area contributed by atoms with E-state index in [4.69, 9.17) is 0 Å². The van der Waals surface area contributed by atoms with Crippen molar-refractivity contribution in [1.29, 1.82) is 0 Å². The van der Waals surface area contributed by atoms with Gasteiger partial charge in [-0.3, -0.25) is 10.1 Å². The number of thiophene rings is 1. The third kappa shape index (κ3) is 2.77. The average Bonchev–Trinajstić information content (AvgIpc) is 3.03. The third-order valence-corrected chi connectivity index (χ3v) is 5.45. The second kappa shape index (κ2) is 6.27. The Labute approximate surface area is 126 Å². The minimum Gasteiger partial charge on any atom is -0.318 e. The van der Waals surface area contributed by atoms with E-state index < -0.39 is 0 Å². The number of rotatable bonds is 5. The van der Waals surface area contributed by atoms with Crippen LogP contribution in [0.2, 0.25) is 0 Å². The summed E-state index contributed by atoms with van der Waals surface area (Å²) in [4.78, 5) is 16.1. The zero-order chi connectivity index (χ0) is 14.9. The first-order valence-electron chi connectivity index (χ1n) is 7.59. The highest BCUT2D eigenvalue weighted by atomic mass is 32.1. The van der Waals surface area contributed by atoms with Crippen LogP contribution in [0.1, 0.15) is 52.1 Å². The van der Waals surface area contributed by atoms with Gasteiger partial charge in [-0.2, -0.15) is 0 Å². The lowest BCUT2D eigenvalue weighted by Crippen LogP contribution is -2.42. The Hall–Kier alpha value is -0.870. The van der Waals surface area contributed by atoms with Crippen molar-refractivity contribution in [2.45, 2.75) is 59.3 Å². The molecule has 0 saturated carbocycles. The van der Waals surface area contributed by atoms with E-state index >= 15 is 0 Å². The van der Waals surface area contributed by atoms with Crippen LogP contribution in [0.4, 0.5) is 0 Å². The summed E-state index contributed by atoms with van der Waals surface area (Å²) in [5.41, 5.74) is 0. The summed E-state index contributed by atoms with van der Waals surface area (Å²) < 4.78 is 0. The Kier molecular flexibility index (Phi) is 4.86. The van der Waals surface area contributed by atoms with Crippen molar-refractivity contribution in [3.8, 4) is 0 Å². The van der Waals surface area contributed by atoms with Gasteiger partial charge < -0.3 is 4.90 Å². The van der Waals surface area contributed by atoms with Gasteiger partial charge in [-0.25, -0.2) is 0 Å². The van der Waals surface area contributed by atoms with E-state index in [-0.39, 0.29) is 24.2 Å². The van der Waals surface area contributed by atoms with Crippen LogP contribution >= 0.6 is 11.3 Å². The van der Waals surface area contributed by atoms with Crippen LogP contribution in [-0.4, -0.2) is 22.9 Å². The maximum atomic E-state index is 12.8. The van der Waals surface area contributed by atoms with Crippen molar-refractivity contribution < 1.29 is 4.79 Å². The van der Waals surface area contributed by atoms with Gasteiger partial charge in [0.25, 0.3) is 0 Å². The monoisotopic (exact) mass is 294 g/mol. The van der Waals surface area contributed by atoms with Gasteiger partial charge in [0, 0.05) is 10.9 Å². The molecule has 1 aliphatic rings. The number of amides is 1. The number of hydrogen-bond donors (Lipinski definition) is 1. The van der Waals surface area contributed by atoms with E-state index in [2.05, 4.69) is 62.3 Å². The first-order valence-corrected chi connectivity index (χ1v) is 8.47. The lowest BCUT2D eigenvalue weighted by molar-refractivity contribution is -0.133. The zero-order valence-corrected chi connectivity index (χ0v) is 13.9. The minimum atomic E-state index is -0.0615. The Bertz CT molecular complexity index is 443. The first-order chi connectivity index (χ1) is 9.47. The summed E-state index contributed by atoms with van der Waals surface area (Å²) in [6.07, 6.45) is 1.13. The predicted molar refractivity (Wildman–Crippen MR) is 84.6 cm³/mol. The molecule has 1 aromatic rings. The molecule has 1 amide bonds. The molecule has 4 unspecified atom stereocenters. The number of hydrogen-bond acceptors (Lipinski definition) is 3. The number of carbonyl (C=O) groups is 1. The average molecular weight is 294 g/mol. The van der Waals surface area contributed by atoms with Crippen LogP contribution in [0.15, 0.2) is 17.5 Å². The van der Waals surface area contributed by atoms with Crippen LogP contribution < -0.4 is 5.32 Å². The molecule has 4 heteroatoms. The second-order valence-electron chi connectivity index (χ2n) is 6.18. The summed E-state index contributed by atoms with van der Waals surface area (Å²) in [5, 5.41) is 5.62. The van der Waals surface area contributed by atoms with Gasteiger partial charge >= 0.3 is 0 Å². The SMILES string of the molecule is CCC(C)C(C)N1C(=O)C(C(C)C)NC1c1cccs1. The van der Waals surface area contributed by atoms with Crippen LogP contribution in [-0.2, 0) is 4.79 Å². The van der Waals surface area contributed by atoms with E-state index in [1.807, 2.05) is 0 Å². The molecule has 112 valence electrons. The van der Waals surface area contributed by atoms with Crippen molar-refractivity contribution >= 4 is 17.2 Å². The molecule has 1 aromatic heterocycles. The van der Waals surface area contributed by atoms with Gasteiger partial charge in [0.15, 0.2) is 0 Å². The van der Waals surface area contributed by atoms with Crippen molar-refractivity contribution in [2.75, 3.05) is 0 Å². The van der Waals surface area contributed by atoms with Gasteiger partial charge in [0.05, 0.1) is 6.04 Å². The van der Waals surface area contributed by atoms with Crippen molar-refractivity contribution in [2.24, 2.45) is 11.8 Å². The van der Waals surface area contributed by atoms with E-state index in [0.29, 0.717) is 11.8 Å². The topological polar surface area (TPSA) is 32.3 Å². The third-order valence-electron chi connectivity index (χ3n) is 4.52. The highest BCUT2D eigenvalue weighted by molar-refractivity contribution is 7.10. The molecular weight excluding hydrogens is 268 g/mol. The van der Waals surface area contributed by atoms with Crippen LogP contribution in [0.3, 0.4) is 0 Å². The number of carbonyl (C=O) groups excluding carboxylic acids is 1. The molecule has 1 fully saturated rings. The van der Waals surface area contributed by atoms with Crippen LogP contribution in [0, 0.1) is 11.8 Å². The summed E-state index contributed by atoms with van der Waals surface area (Å²) in [5.74, 6) is 1.08. The quantitative estimate of drug-likeness (QED) is 0.899. The number of nitrogens with zero attached hydrogens (tertiary/aromatic N) is 1. The Morgan fingerprint density at radius 1 is 1.35 bits per heavy atom. The van der Waals surface area contributed by atoms with E-state index in [1.165, 1.54) is 4.88 Å². The molecule has 1 N–H and O–H groups in total. The highest BCUT2D eigenvalue weighted by Crippen LogP contribution is 2.34. The maximum Gasteiger partial charge on any atom is 0.241 e. The molecule has 2 heterocycles. The van der Waals surface area contributed by atoms with Gasteiger partial charge in [-0.05, 0) is 30.2 Å². The van der Waals surface area contributed by atoms with E-state index in [1.54, 1.807) is 11.3 Å². The molecule has 4 atom stereocenters. The molecule has 3 nitrogen and oxygen atoms in total. The Balaban J connectivity index is 2.30. The smallest absolute Gasteiger partial charge is 0.241 e. The fourth-order valence-electron chi connectivity index (χ4n) is 2.80. The molecule has 0 bridgehead atoms. The maximum absolute atomic E-state index is 12.8.